The molecule has 24 heavy (non-hydrogen) atoms. The Morgan fingerprint density at radius 2 is 1.88 bits per heavy atom. The number of nitrogens with one attached hydrogen (secondary N) is 1. The molecule has 1 atom stereocenters. The molecular formula is C18H22N2O4. The van der Waals surface area contributed by atoms with Crippen LogP contribution >= 0.6 is 0 Å². The average molecular weight is 330 g/mol. The van der Waals surface area contributed by atoms with Crippen molar-refractivity contribution in [3.8, 4) is 11.6 Å². The maximum Gasteiger partial charge on any atom is 0.331 e. The van der Waals surface area contributed by atoms with Gasteiger partial charge < -0.3 is 9.47 Å². The number of rotatable bonds is 5. The smallest absolute Gasteiger partial charge is 0.331 e. The van der Waals surface area contributed by atoms with Crippen LogP contribution in [0.25, 0.3) is 0 Å². The average Bonchev–Trinajstić information content (AvgIpc) is 3.25. The lowest BCUT2D eigenvalue weighted by atomic mass is 10.1. The maximum absolute atomic E-state index is 12.3. The summed E-state index contributed by atoms with van der Waals surface area (Å²) in [6, 6.07) is 5.82. The summed E-state index contributed by atoms with van der Waals surface area (Å²) < 4.78 is 12.7. The standard InChI is InChI=1S/C18H22N2O4/c1-10(2)15-16(21)19-18(22)20(8-14-9-23-14)17(15)24-13-6-11(3)5-12(4)7-13/h5-7,10,14H,8-9H2,1-4H3,(H,19,21,22). The Morgan fingerprint density at radius 3 is 2.42 bits per heavy atom. The second-order valence-corrected chi connectivity index (χ2v) is 6.62. The molecule has 6 nitrogen and oxygen atoms in total. The van der Waals surface area contributed by atoms with Crippen LogP contribution in [0.3, 0.4) is 0 Å². The van der Waals surface area contributed by atoms with Crippen molar-refractivity contribution < 1.29 is 9.47 Å². The van der Waals surface area contributed by atoms with Crippen LogP contribution in [-0.4, -0.2) is 22.3 Å². The number of H-pyrrole nitrogens is 1. The highest BCUT2D eigenvalue weighted by Gasteiger charge is 2.27. The van der Waals surface area contributed by atoms with Crippen molar-refractivity contribution in [2.45, 2.75) is 46.3 Å². The molecule has 1 aliphatic rings. The Hall–Kier alpha value is -2.34. The SMILES string of the molecule is Cc1cc(C)cc(Oc2c(C(C)C)c(=O)[nH]c(=O)n2CC2CO2)c1. The van der Waals surface area contributed by atoms with Gasteiger partial charge in [-0.1, -0.05) is 19.9 Å². The molecule has 1 aromatic carbocycles. The van der Waals surface area contributed by atoms with Gasteiger partial charge in [-0.25, -0.2) is 4.79 Å². The van der Waals surface area contributed by atoms with Crippen LogP contribution in [0.15, 0.2) is 27.8 Å². The van der Waals surface area contributed by atoms with Crippen LogP contribution in [-0.2, 0) is 11.3 Å². The maximum atomic E-state index is 12.3. The van der Waals surface area contributed by atoms with Crippen LogP contribution in [0.2, 0.25) is 0 Å². The number of benzene rings is 1. The first-order valence-electron chi connectivity index (χ1n) is 8.10. The third-order valence-electron chi connectivity index (χ3n) is 3.96. The Kier molecular flexibility index (Phi) is 4.32. The fourth-order valence-electron chi connectivity index (χ4n) is 2.83. The van der Waals surface area contributed by atoms with Gasteiger partial charge in [0.05, 0.1) is 24.8 Å². The third-order valence-corrected chi connectivity index (χ3v) is 3.96. The molecule has 1 saturated heterocycles. The number of aromatic nitrogens is 2. The lowest BCUT2D eigenvalue weighted by Crippen LogP contribution is -2.34. The number of epoxide rings is 1. The summed E-state index contributed by atoms with van der Waals surface area (Å²) in [4.78, 5) is 27.0. The van der Waals surface area contributed by atoms with Crippen molar-refractivity contribution in [2.24, 2.45) is 0 Å². The summed E-state index contributed by atoms with van der Waals surface area (Å²) in [6.45, 7) is 8.75. The van der Waals surface area contributed by atoms with E-state index < -0.39 is 11.2 Å². The molecule has 2 heterocycles. The first-order chi connectivity index (χ1) is 11.3. The lowest BCUT2D eigenvalue weighted by Gasteiger charge is -2.18. The number of aromatic amines is 1. The van der Waals surface area contributed by atoms with Crippen molar-refractivity contribution >= 4 is 0 Å². The van der Waals surface area contributed by atoms with Crippen molar-refractivity contribution in [1.82, 2.24) is 9.55 Å². The van der Waals surface area contributed by atoms with Crippen LogP contribution < -0.4 is 16.0 Å². The van der Waals surface area contributed by atoms with Gasteiger partial charge in [0.15, 0.2) is 0 Å². The van der Waals surface area contributed by atoms with E-state index in [0.717, 1.165) is 11.1 Å². The van der Waals surface area contributed by atoms with Crippen LogP contribution in [0.4, 0.5) is 0 Å². The van der Waals surface area contributed by atoms with Gasteiger partial charge in [0.1, 0.15) is 5.75 Å². The molecular weight excluding hydrogens is 308 g/mol. The van der Waals surface area contributed by atoms with Crippen LogP contribution in [0.5, 0.6) is 11.6 Å². The molecule has 1 fully saturated rings. The summed E-state index contributed by atoms with van der Waals surface area (Å²) in [5.41, 5.74) is 1.71. The molecule has 128 valence electrons. The number of aryl methyl sites for hydroxylation is 2. The van der Waals surface area contributed by atoms with Crippen LogP contribution in [0.1, 0.15) is 36.5 Å². The van der Waals surface area contributed by atoms with Gasteiger partial charge in [0.25, 0.3) is 5.56 Å². The van der Waals surface area contributed by atoms with Gasteiger partial charge in [0, 0.05) is 0 Å². The highest BCUT2D eigenvalue weighted by Crippen LogP contribution is 2.29. The van der Waals surface area contributed by atoms with E-state index in [1.54, 1.807) is 0 Å². The van der Waals surface area contributed by atoms with Gasteiger partial charge in [0.2, 0.25) is 5.88 Å². The molecule has 2 aromatic rings. The Labute approximate surface area is 140 Å². The predicted octanol–water partition coefficient (Wildman–Crippen LogP) is 2.47. The fraction of sp³-hybridized carbons (Fsp3) is 0.444. The van der Waals surface area contributed by atoms with Crippen LogP contribution in [0, 0.1) is 13.8 Å². The minimum absolute atomic E-state index is 0.00444. The minimum Gasteiger partial charge on any atom is -0.440 e. The number of nitrogens with zero attached hydrogens (tertiary/aromatic N) is 1. The normalized spacial score (nSPS) is 16.5. The fourth-order valence-corrected chi connectivity index (χ4v) is 2.83. The van der Waals surface area contributed by atoms with E-state index in [4.69, 9.17) is 9.47 Å². The Bertz CT molecular complexity index is 855. The van der Waals surface area contributed by atoms with Crippen molar-refractivity contribution in [2.75, 3.05) is 6.61 Å². The van der Waals surface area contributed by atoms with Gasteiger partial charge in [-0.2, -0.15) is 0 Å². The zero-order valence-electron chi connectivity index (χ0n) is 14.4. The molecule has 6 heteroatoms. The van der Waals surface area contributed by atoms with Gasteiger partial charge in [-0.05, 0) is 43.0 Å². The largest absolute Gasteiger partial charge is 0.440 e. The molecule has 0 amide bonds. The quantitative estimate of drug-likeness (QED) is 0.855. The summed E-state index contributed by atoms with van der Waals surface area (Å²) >= 11 is 0. The lowest BCUT2D eigenvalue weighted by molar-refractivity contribution is 0.348. The number of ether oxygens (including phenoxy) is 2. The first-order valence-corrected chi connectivity index (χ1v) is 8.10. The van der Waals surface area contributed by atoms with E-state index in [-0.39, 0.29) is 12.0 Å². The highest BCUT2D eigenvalue weighted by atomic mass is 16.6. The van der Waals surface area contributed by atoms with E-state index in [1.807, 2.05) is 45.9 Å². The molecule has 0 bridgehead atoms. The summed E-state index contributed by atoms with van der Waals surface area (Å²) in [5.74, 6) is 0.839. The topological polar surface area (TPSA) is 76.6 Å². The number of hydrogen-bond acceptors (Lipinski definition) is 4. The molecule has 1 N–H and O–H groups in total. The monoisotopic (exact) mass is 330 g/mol. The number of hydrogen-bond donors (Lipinski definition) is 1. The molecule has 0 saturated carbocycles. The van der Waals surface area contributed by atoms with Gasteiger partial charge in [-0.15, -0.1) is 0 Å². The van der Waals surface area contributed by atoms with Crippen molar-refractivity contribution in [3.63, 3.8) is 0 Å². The second kappa shape index (κ2) is 6.28. The van der Waals surface area contributed by atoms with Gasteiger partial charge in [-0.3, -0.25) is 14.3 Å². The molecule has 0 spiro atoms. The van der Waals surface area contributed by atoms with E-state index in [9.17, 15) is 9.59 Å². The van der Waals surface area contributed by atoms with E-state index in [1.165, 1.54) is 4.57 Å². The third kappa shape index (κ3) is 3.43. The Balaban J connectivity index is 2.15. The first kappa shape index (κ1) is 16.5. The van der Waals surface area contributed by atoms with Crippen molar-refractivity contribution in [3.05, 3.63) is 55.7 Å². The van der Waals surface area contributed by atoms with E-state index in [0.29, 0.717) is 30.3 Å². The zero-order valence-corrected chi connectivity index (χ0v) is 14.4. The van der Waals surface area contributed by atoms with E-state index >= 15 is 0 Å². The molecule has 0 aliphatic carbocycles. The Morgan fingerprint density at radius 1 is 1.25 bits per heavy atom. The second-order valence-electron chi connectivity index (χ2n) is 6.62. The summed E-state index contributed by atoms with van der Waals surface area (Å²) in [7, 11) is 0. The minimum atomic E-state index is -0.473. The molecule has 1 aromatic heterocycles. The summed E-state index contributed by atoms with van der Waals surface area (Å²) in [5, 5.41) is 0. The molecule has 3 rings (SSSR count). The molecule has 1 aliphatic heterocycles. The summed E-state index contributed by atoms with van der Waals surface area (Å²) in [6.07, 6.45) is -0.00444. The van der Waals surface area contributed by atoms with Crippen molar-refractivity contribution in [1.29, 1.82) is 0 Å². The highest BCUT2D eigenvalue weighted by molar-refractivity contribution is 5.38. The van der Waals surface area contributed by atoms with Gasteiger partial charge >= 0.3 is 5.69 Å². The van der Waals surface area contributed by atoms with E-state index in [2.05, 4.69) is 4.98 Å². The molecule has 1 unspecified atom stereocenters. The predicted molar refractivity (Wildman–Crippen MR) is 91.1 cm³/mol. The zero-order chi connectivity index (χ0) is 17.4. The molecule has 0 radical (unpaired) electrons.